The van der Waals surface area contributed by atoms with Gasteiger partial charge in [-0.05, 0) is 26.8 Å². The van der Waals surface area contributed by atoms with Crippen LogP contribution in [0.3, 0.4) is 0 Å². The van der Waals surface area contributed by atoms with E-state index in [4.69, 9.17) is 16.0 Å². The van der Waals surface area contributed by atoms with E-state index in [1.165, 1.54) is 18.4 Å². The largest absolute Gasteiger partial charge is 0.466 e. The number of halogens is 1. The summed E-state index contributed by atoms with van der Waals surface area (Å²) in [5, 5.41) is 3.93. The number of ether oxygens (including phenoxy) is 1. The number of esters is 1. The number of hydrogen-bond acceptors (Lipinski definition) is 6. The van der Waals surface area contributed by atoms with E-state index in [2.05, 4.69) is 15.0 Å². The van der Waals surface area contributed by atoms with Gasteiger partial charge in [0.05, 0.1) is 13.2 Å². The van der Waals surface area contributed by atoms with Crippen LogP contribution in [-0.4, -0.2) is 18.1 Å². The minimum Gasteiger partial charge on any atom is -0.466 e. The molecule has 0 saturated carbocycles. The molecule has 0 amide bonds. The van der Waals surface area contributed by atoms with Crippen LogP contribution in [0.5, 0.6) is 0 Å². The molecule has 0 spiro atoms. The Kier molecular flexibility index (Phi) is 4.35. The van der Waals surface area contributed by atoms with Crippen molar-refractivity contribution in [3.63, 3.8) is 0 Å². The van der Waals surface area contributed by atoms with Crippen molar-refractivity contribution in [1.29, 1.82) is 0 Å². The third-order valence-electron chi connectivity index (χ3n) is 2.84. The first-order chi connectivity index (χ1) is 9.42. The van der Waals surface area contributed by atoms with Crippen molar-refractivity contribution < 1.29 is 13.9 Å². The first-order valence-corrected chi connectivity index (χ1v) is 7.20. The number of carbonyl (C=O) groups excluding carboxylic acids is 1. The van der Waals surface area contributed by atoms with Crippen molar-refractivity contribution in [3.8, 4) is 0 Å². The fourth-order valence-corrected chi connectivity index (χ4v) is 3.12. The van der Waals surface area contributed by atoms with Crippen LogP contribution >= 0.6 is 22.9 Å². The first-order valence-electron chi connectivity index (χ1n) is 6.00. The summed E-state index contributed by atoms with van der Waals surface area (Å²) in [6.45, 7) is 5.80. The van der Waals surface area contributed by atoms with E-state index in [0.717, 1.165) is 17.1 Å². The fraction of sp³-hybridized carbons (Fsp3) is 0.385. The lowest BCUT2D eigenvalue weighted by Gasteiger charge is -2.11. The normalized spacial score (nSPS) is 12.2. The topological polar surface area (TPSA) is 64.4 Å². The van der Waals surface area contributed by atoms with Gasteiger partial charge in [0.1, 0.15) is 11.5 Å². The Balaban J connectivity index is 2.18. The molecular weight excluding hydrogens is 300 g/mol. The van der Waals surface area contributed by atoms with Crippen molar-refractivity contribution in [2.45, 2.75) is 26.8 Å². The van der Waals surface area contributed by atoms with Gasteiger partial charge >= 0.3 is 5.97 Å². The number of methoxy groups -OCH3 is 1. The van der Waals surface area contributed by atoms with Gasteiger partial charge in [-0.15, -0.1) is 0 Å². The predicted octanol–water partition coefficient (Wildman–Crippen LogP) is 3.97. The monoisotopic (exact) mass is 314 g/mol. The van der Waals surface area contributed by atoms with Gasteiger partial charge in [0, 0.05) is 5.56 Å². The highest BCUT2D eigenvalue weighted by Crippen LogP contribution is 2.31. The van der Waals surface area contributed by atoms with Gasteiger partial charge in [0.15, 0.2) is 15.2 Å². The molecule has 0 aliphatic rings. The minimum absolute atomic E-state index is 0.000151. The lowest BCUT2D eigenvalue weighted by molar-refractivity contribution is 0.0606. The van der Waals surface area contributed by atoms with Crippen LogP contribution < -0.4 is 5.32 Å². The summed E-state index contributed by atoms with van der Waals surface area (Å²) in [4.78, 5) is 15.9. The molecule has 0 fully saturated rings. The quantitative estimate of drug-likeness (QED) is 0.865. The van der Waals surface area contributed by atoms with Gasteiger partial charge in [-0.3, -0.25) is 0 Å². The van der Waals surface area contributed by atoms with Crippen LogP contribution in [-0.2, 0) is 4.74 Å². The van der Waals surface area contributed by atoms with E-state index in [-0.39, 0.29) is 11.2 Å². The number of thiazole rings is 1. The third-order valence-corrected chi connectivity index (χ3v) is 4.19. The highest BCUT2D eigenvalue weighted by atomic mass is 35.5. The lowest BCUT2D eigenvalue weighted by Crippen LogP contribution is -2.06. The highest BCUT2D eigenvalue weighted by molar-refractivity contribution is 7.18. The molecule has 2 rings (SSSR count). The van der Waals surface area contributed by atoms with Gasteiger partial charge in [-0.25, -0.2) is 9.78 Å². The number of carbonyl (C=O) groups is 1. The first kappa shape index (κ1) is 14.9. The summed E-state index contributed by atoms with van der Waals surface area (Å²) in [5.74, 6) is 1.24. The van der Waals surface area contributed by atoms with E-state index >= 15 is 0 Å². The zero-order valence-electron chi connectivity index (χ0n) is 11.6. The van der Waals surface area contributed by atoms with Crippen LogP contribution in [0, 0.1) is 13.8 Å². The standard InChI is InChI=1S/C13H15ClN2O3S/c1-6-5-9(8(3)19-6)7(2)15-13-16-11(14)10(20-13)12(17)18-4/h5,7H,1-4H3,(H,15,16). The van der Waals surface area contributed by atoms with Crippen molar-refractivity contribution >= 4 is 34.0 Å². The van der Waals surface area contributed by atoms with E-state index in [9.17, 15) is 4.79 Å². The van der Waals surface area contributed by atoms with Crippen molar-refractivity contribution in [1.82, 2.24) is 4.98 Å². The second-order valence-electron chi connectivity index (χ2n) is 4.37. The summed E-state index contributed by atoms with van der Waals surface area (Å²) in [5.41, 5.74) is 1.05. The molecule has 0 radical (unpaired) electrons. The molecule has 108 valence electrons. The zero-order valence-corrected chi connectivity index (χ0v) is 13.2. The van der Waals surface area contributed by atoms with Crippen LogP contribution in [0.4, 0.5) is 5.13 Å². The Morgan fingerprint density at radius 3 is 2.80 bits per heavy atom. The number of nitrogens with one attached hydrogen (secondary N) is 1. The molecule has 2 heterocycles. The molecule has 1 unspecified atom stereocenters. The average Bonchev–Trinajstić information content (AvgIpc) is 2.91. The maximum atomic E-state index is 11.5. The molecule has 5 nitrogen and oxygen atoms in total. The van der Waals surface area contributed by atoms with E-state index in [1.807, 2.05) is 26.8 Å². The average molecular weight is 315 g/mol. The molecule has 0 saturated heterocycles. The zero-order chi connectivity index (χ0) is 14.9. The Morgan fingerprint density at radius 2 is 2.25 bits per heavy atom. The molecule has 0 aliphatic carbocycles. The van der Waals surface area contributed by atoms with Gasteiger partial charge < -0.3 is 14.5 Å². The highest BCUT2D eigenvalue weighted by Gasteiger charge is 2.19. The smallest absolute Gasteiger partial charge is 0.351 e. The van der Waals surface area contributed by atoms with E-state index in [1.54, 1.807) is 0 Å². The van der Waals surface area contributed by atoms with E-state index in [0.29, 0.717) is 10.0 Å². The number of rotatable bonds is 4. The van der Waals surface area contributed by atoms with Gasteiger partial charge in [-0.1, -0.05) is 22.9 Å². The van der Waals surface area contributed by atoms with Gasteiger partial charge in [-0.2, -0.15) is 0 Å². The van der Waals surface area contributed by atoms with E-state index < -0.39 is 5.97 Å². The predicted molar refractivity (Wildman–Crippen MR) is 78.7 cm³/mol. The summed E-state index contributed by atoms with van der Waals surface area (Å²) < 4.78 is 10.1. The van der Waals surface area contributed by atoms with Crippen LogP contribution in [0.25, 0.3) is 0 Å². The maximum absolute atomic E-state index is 11.5. The Hall–Kier alpha value is -1.53. The third kappa shape index (κ3) is 2.96. The lowest BCUT2D eigenvalue weighted by atomic mass is 10.1. The number of hydrogen-bond donors (Lipinski definition) is 1. The summed E-state index contributed by atoms with van der Waals surface area (Å²) in [6.07, 6.45) is 0. The molecule has 0 aliphatic heterocycles. The number of aryl methyl sites for hydroxylation is 2. The van der Waals surface area contributed by atoms with Crippen LogP contribution in [0.15, 0.2) is 10.5 Å². The van der Waals surface area contributed by atoms with Gasteiger partial charge in [0.25, 0.3) is 0 Å². The van der Waals surface area contributed by atoms with Crippen LogP contribution in [0.2, 0.25) is 5.15 Å². The van der Waals surface area contributed by atoms with Crippen molar-refractivity contribution in [2.75, 3.05) is 12.4 Å². The molecule has 1 atom stereocenters. The summed E-state index contributed by atoms with van der Waals surface area (Å²) in [6, 6.07) is 1.98. The SMILES string of the molecule is COC(=O)c1sc(NC(C)c2cc(C)oc2C)nc1Cl. The Labute approximate surface area is 125 Å². The number of nitrogens with zero attached hydrogens (tertiary/aromatic N) is 1. The molecule has 0 bridgehead atoms. The summed E-state index contributed by atoms with van der Waals surface area (Å²) in [7, 11) is 1.31. The van der Waals surface area contributed by atoms with Crippen LogP contribution in [0.1, 0.15) is 39.7 Å². The second kappa shape index (κ2) is 5.85. The molecule has 20 heavy (non-hydrogen) atoms. The molecule has 2 aromatic heterocycles. The Morgan fingerprint density at radius 1 is 1.55 bits per heavy atom. The Bertz CT molecular complexity index is 636. The number of furan rings is 1. The summed E-state index contributed by atoms with van der Waals surface area (Å²) >= 11 is 7.09. The molecular formula is C13H15ClN2O3S. The number of anilines is 1. The minimum atomic E-state index is -0.483. The second-order valence-corrected chi connectivity index (χ2v) is 5.72. The fourth-order valence-electron chi connectivity index (χ4n) is 1.93. The molecule has 1 N–H and O–H groups in total. The molecule has 2 aromatic rings. The molecule has 7 heteroatoms. The molecule has 0 aromatic carbocycles. The number of aromatic nitrogens is 1. The maximum Gasteiger partial charge on any atom is 0.351 e. The van der Waals surface area contributed by atoms with Crippen molar-refractivity contribution in [2.24, 2.45) is 0 Å². The van der Waals surface area contributed by atoms with Crippen molar-refractivity contribution in [3.05, 3.63) is 33.2 Å². The van der Waals surface area contributed by atoms with Gasteiger partial charge in [0.2, 0.25) is 0 Å².